The van der Waals surface area contributed by atoms with E-state index >= 15 is 0 Å². The Morgan fingerprint density at radius 2 is 1.82 bits per heavy atom. The third-order valence-electron chi connectivity index (χ3n) is 7.97. The summed E-state index contributed by atoms with van der Waals surface area (Å²) in [6, 6.07) is 0. The van der Waals surface area contributed by atoms with Gasteiger partial charge in [-0.3, -0.25) is 32.9 Å². The van der Waals surface area contributed by atoms with Crippen molar-refractivity contribution in [3.63, 3.8) is 0 Å². The quantitative estimate of drug-likeness (QED) is 0.0256. The number of carbonyl (C=O) groups excluding carboxylic acids is 3. The SMILES string of the molecule is CCC(=O)C=C(O)C12N=CN=C(N)C1=NCN2[C@@H]1O[C@H](COP(=O)(O)OP(=O)(O)OCC(C)(C)[C@@H](O)C(=O)NCCC(=O)NCCS)[C@@H](OP(=O)(O)O)[C@H]1O. The van der Waals surface area contributed by atoms with Gasteiger partial charge in [-0.15, -0.1) is 0 Å². The third kappa shape index (κ3) is 12.3. The number of hydrogen-bond acceptors (Lipinski definition) is 20. The highest BCUT2D eigenvalue weighted by Crippen LogP contribution is 2.61. The molecule has 2 amide bonds. The summed E-state index contributed by atoms with van der Waals surface area (Å²) < 4.78 is 61.5. The molecule has 55 heavy (non-hydrogen) atoms. The lowest BCUT2D eigenvalue weighted by Gasteiger charge is -2.39. The summed E-state index contributed by atoms with van der Waals surface area (Å²) in [6.07, 6.45) is -8.12. The molecule has 3 unspecified atom stereocenters. The van der Waals surface area contributed by atoms with E-state index in [0.717, 1.165) is 17.3 Å². The van der Waals surface area contributed by atoms with Crippen LogP contribution in [0.1, 0.15) is 33.6 Å². The number of carbonyl (C=O) groups is 3. The fourth-order valence-corrected chi connectivity index (χ4v) is 8.13. The lowest BCUT2D eigenvalue weighted by atomic mass is 9.87. The van der Waals surface area contributed by atoms with Crippen molar-refractivity contribution in [2.45, 2.75) is 69.9 Å². The summed E-state index contributed by atoms with van der Waals surface area (Å²) in [6.45, 7) is 1.50. The van der Waals surface area contributed by atoms with E-state index < -0.39 is 108 Å². The number of amidine groups is 1. The van der Waals surface area contributed by atoms with Crippen molar-refractivity contribution in [2.75, 3.05) is 38.7 Å². The summed E-state index contributed by atoms with van der Waals surface area (Å²) in [5.41, 5.74) is 1.99. The van der Waals surface area contributed by atoms with Crippen LogP contribution in [0, 0.1) is 5.41 Å². The summed E-state index contributed by atoms with van der Waals surface area (Å²) in [5, 5.41) is 37.6. The Morgan fingerprint density at radius 3 is 2.44 bits per heavy atom. The van der Waals surface area contributed by atoms with E-state index in [-0.39, 0.29) is 30.9 Å². The number of allylic oxidation sites excluding steroid dienone is 1. The molecule has 25 nitrogen and oxygen atoms in total. The minimum Gasteiger partial charge on any atom is -0.508 e. The number of thiol groups is 1. The van der Waals surface area contributed by atoms with Gasteiger partial charge in [0.15, 0.2) is 11.6 Å². The standard InChI is InChI=1S/C26H44N7O18P3S/c1-4-14(34)9-16(35)26-20(22(27)30-12-32-26)31-13-33(26)24-18(37)19(50-52(40,41)42)15(49-24)10-47-53(43,44)51-54(45,46)48-11-25(2,3)21(38)23(39)29-6-5-17(36)28-7-8-55/h9,12,15,18-19,21,24,35,37-38,55H,4-8,10-11,13H2,1-3H3,(H,28,36)(H,29,39)(H,43,44)(H,45,46)(H2,27,30,32)(H2,40,41,42)/t15-,18-,19-,21+,24-,26?/m1/s1. The predicted molar refractivity (Wildman–Crippen MR) is 191 cm³/mol. The van der Waals surface area contributed by atoms with E-state index in [1.54, 1.807) is 0 Å². The maximum Gasteiger partial charge on any atom is 0.481 e. The van der Waals surface area contributed by atoms with Gasteiger partial charge >= 0.3 is 23.5 Å². The molecule has 3 heterocycles. The highest BCUT2D eigenvalue weighted by Gasteiger charge is 2.60. The van der Waals surface area contributed by atoms with Crippen molar-refractivity contribution in [1.29, 1.82) is 0 Å². The number of aliphatic hydroxyl groups is 3. The van der Waals surface area contributed by atoms with Gasteiger partial charge in [0.2, 0.25) is 17.5 Å². The molecule has 0 aromatic heterocycles. The lowest BCUT2D eigenvalue weighted by molar-refractivity contribution is -0.137. The van der Waals surface area contributed by atoms with Gasteiger partial charge in [0.25, 0.3) is 0 Å². The first kappa shape index (κ1) is 46.9. The van der Waals surface area contributed by atoms with E-state index in [2.05, 4.69) is 42.6 Å². The number of aliphatic hydroxyl groups excluding tert-OH is 3. The van der Waals surface area contributed by atoms with Gasteiger partial charge < -0.3 is 56.0 Å². The van der Waals surface area contributed by atoms with E-state index in [9.17, 15) is 63.0 Å². The van der Waals surface area contributed by atoms with Crippen LogP contribution in [0.4, 0.5) is 0 Å². The molecule has 0 bridgehead atoms. The number of phosphoric acid groups is 3. The molecule has 1 saturated heterocycles. The highest BCUT2D eigenvalue weighted by atomic mass is 32.1. The van der Waals surface area contributed by atoms with Gasteiger partial charge in [-0.05, 0) is 0 Å². The van der Waals surface area contributed by atoms with Crippen molar-refractivity contribution in [3.05, 3.63) is 11.8 Å². The summed E-state index contributed by atoms with van der Waals surface area (Å²) in [4.78, 5) is 89.0. The van der Waals surface area contributed by atoms with Gasteiger partial charge in [-0.2, -0.15) is 16.9 Å². The van der Waals surface area contributed by atoms with Crippen LogP contribution in [0.25, 0.3) is 0 Å². The number of phosphoric ester groups is 3. The molecule has 0 aromatic carbocycles. The Balaban J connectivity index is 1.71. The Hall–Kier alpha value is -2.48. The molecular weight excluding hydrogens is 823 g/mol. The maximum absolute atomic E-state index is 12.8. The summed E-state index contributed by atoms with van der Waals surface area (Å²) >= 11 is 3.95. The molecule has 29 heteroatoms. The zero-order valence-electron chi connectivity index (χ0n) is 29.5. The predicted octanol–water partition coefficient (Wildman–Crippen LogP) is -2.03. The second-order valence-corrected chi connectivity index (χ2v) is 17.3. The number of amides is 2. The molecule has 0 spiro atoms. The van der Waals surface area contributed by atoms with Gasteiger partial charge in [-0.25, -0.2) is 28.6 Å². The number of hydrogen-bond donors (Lipinski definition) is 11. The third-order valence-corrected chi connectivity index (χ3v) is 11.3. The first-order valence-corrected chi connectivity index (χ1v) is 21.2. The monoisotopic (exact) mass is 867 g/mol. The molecule has 312 valence electrons. The number of nitrogens with zero attached hydrogens (tertiary/aromatic N) is 4. The number of ether oxygens (including phenoxy) is 1. The Labute approximate surface area is 318 Å². The fourth-order valence-electron chi connectivity index (χ4n) is 5.19. The van der Waals surface area contributed by atoms with Crippen LogP contribution < -0.4 is 16.4 Å². The zero-order chi connectivity index (χ0) is 41.6. The van der Waals surface area contributed by atoms with Crippen molar-refractivity contribution in [2.24, 2.45) is 26.1 Å². The second-order valence-electron chi connectivity index (χ2n) is 12.6. The largest absolute Gasteiger partial charge is 0.508 e. The van der Waals surface area contributed by atoms with Crippen LogP contribution in [-0.2, 0) is 50.7 Å². The van der Waals surface area contributed by atoms with Crippen molar-refractivity contribution >= 4 is 71.6 Å². The van der Waals surface area contributed by atoms with E-state index in [0.29, 0.717) is 12.3 Å². The Morgan fingerprint density at radius 1 is 1.16 bits per heavy atom. The average Bonchev–Trinajstić information content (AvgIpc) is 3.62. The topological polar surface area (TPSA) is 381 Å². The molecule has 3 aliphatic rings. The van der Waals surface area contributed by atoms with Crippen molar-refractivity contribution in [3.8, 4) is 0 Å². The van der Waals surface area contributed by atoms with Crippen LogP contribution >= 0.6 is 36.1 Å². The van der Waals surface area contributed by atoms with Gasteiger partial charge in [-0.1, -0.05) is 20.8 Å². The lowest BCUT2D eigenvalue weighted by Crippen LogP contribution is -2.61. The van der Waals surface area contributed by atoms with Crippen molar-refractivity contribution in [1.82, 2.24) is 15.5 Å². The first-order valence-electron chi connectivity index (χ1n) is 16.1. The van der Waals surface area contributed by atoms with E-state index in [1.165, 1.54) is 20.8 Å². The first-order chi connectivity index (χ1) is 25.4. The fraction of sp³-hybridized carbons (Fsp3) is 0.692. The number of rotatable bonds is 21. The molecule has 3 aliphatic heterocycles. The molecule has 0 aromatic rings. The van der Waals surface area contributed by atoms with Crippen LogP contribution in [0.5, 0.6) is 0 Å². The van der Waals surface area contributed by atoms with E-state index in [4.69, 9.17) is 24.0 Å². The van der Waals surface area contributed by atoms with Crippen LogP contribution in [0.15, 0.2) is 26.8 Å². The van der Waals surface area contributed by atoms with Gasteiger partial charge in [0, 0.05) is 43.2 Å². The highest BCUT2D eigenvalue weighted by molar-refractivity contribution is 7.80. The molecular formula is C26H44N7O18P3S. The molecule has 0 saturated carbocycles. The van der Waals surface area contributed by atoms with Crippen LogP contribution in [0.2, 0.25) is 0 Å². The molecule has 0 aliphatic carbocycles. The number of ketones is 1. The molecule has 3 rings (SSSR count). The van der Waals surface area contributed by atoms with Gasteiger partial charge in [0.05, 0.1) is 19.9 Å². The maximum atomic E-state index is 12.8. The minimum atomic E-state index is -5.66. The Bertz CT molecular complexity index is 1730. The summed E-state index contributed by atoms with van der Waals surface area (Å²) in [5.74, 6) is -2.54. The van der Waals surface area contributed by atoms with Crippen molar-refractivity contribution < 1.29 is 85.6 Å². The normalized spacial score (nSPS) is 27.3. The van der Waals surface area contributed by atoms with Crippen LogP contribution in [0.3, 0.4) is 0 Å². The molecule has 8 atom stereocenters. The van der Waals surface area contributed by atoms with E-state index in [1.807, 2.05) is 0 Å². The van der Waals surface area contributed by atoms with Gasteiger partial charge in [0.1, 0.15) is 48.5 Å². The molecule has 1 fully saturated rings. The smallest absolute Gasteiger partial charge is 0.481 e. The number of nitrogens with two attached hydrogens (primary N) is 1. The molecule has 11 N–H and O–H groups in total. The van der Waals surface area contributed by atoms with Crippen LogP contribution in [-0.4, -0.2) is 150 Å². The Kier molecular flexibility index (Phi) is 16.1. The second kappa shape index (κ2) is 18.9. The number of fused-ring (bicyclic) bond motifs is 1. The minimum absolute atomic E-state index is 0.0496. The summed E-state index contributed by atoms with van der Waals surface area (Å²) in [7, 11) is -16.7. The average molecular weight is 868 g/mol. The number of nitrogens with one attached hydrogen (secondary N) is 2. The number of aliphatic imine (C=N–C) groups is 3. The zero-order valence-corrected chi connectivity index (χ0v) is 33.1. The molecule has 0 radical (unpaired) electrons.